The molecule has 0 radical (unpaired) electrons. The summed E-state index contributed by atoms with van der Waals surface area (Å²) in [5, 5.41) is 3.10. The van der Waals surface area contributed by atoms with Gasteiger partial charge >= 0.3 is 0 Å². The Kier molecular flexibility index (Phi) is 6.71. The fraction of sp³-hybridized carbons (Fsp3) is 0.0909. The first-order valence-electron chi connectivity index (χ1n) is 9.01. The molecule has 0 aliphatic rings. The Labute approximate surface area is 186 Å². The summed E-state index contributed by atoms with van der Waals surface area (Å²) in [6.45, 7) is 2.45. The Hall–Kier alpha value is -3.07. The highest BCUT2D eigenvalue weighted by Crippen LogP contribution is 2.23. The first-order valence-corrected chi connectivity index (χ1v) is 9.01. The lowest BCUT2D eigenvalue weighted by molar-refractivity contribution is 0.483. The van der Waals surface area contributed by atoms with Gasteiger partial charge < -0.3 is 20.2 Å². The SMILES string of the molecule is Cc1cccc2nc(CN=C(N)Nc3cccc(Oc4ccccc4)c3)cn12.I. The van der Waals surface area contributed by atoms with Crippen LogP contribution in [0.4, 0.5) is 5.69 Å². The van der Waals surface area contributed by atoms with Gasteiger partial charge in [-0.1, -0.05) is 30.3 Å². The van der Waals surface area contributed by atoms with E-state index in [-0.39, 0.29) is 24.0 Å². The maximum absolute atomic E-state index is 6.04. The van der Waals surface area contributed by atoms with E-state index in [1.165, 1.54) is 0 Å². The Morgan fingerprint density at radius 3 is 2.59 bits per heavy atom. The number of hydrogen-bond acceptors (Lipinski definition) is 3. The van der Waals surface area contributed by atoms with Crippen LogP contribution in [0, 0.1) is 6.92 Å². The molecule has 0 fully saturated rings. The average molecular weight is 499 g/mol. The summed E-state index contributed by atoms with van der Waals surface area (Å²) >= 11 is 0. The molecule has 0 amide bonds. The second-order valence-electron chi connectivity index (χ2n) is 6.40. The minimum atomic E-state index is 0. The maximum Gasteiger partial charge on any atom is 0.193 e. The quantitative estimate of drug-likeness (QED) is 0.231. The largest absolute Gasteiger partial charge is 0.457 e. The number of imidazole rings is 1. The molecular formula is C22H22IN5O. The minimum Gasteiger partial charge on any atom is -0.457 e. The molecule has 2 heterocycles. The predicted octanol–water partition coefficient (Wildman–Crippen LogP) is 4.98. The third-order valence-corrected chi connectivity index (χ3v) is 4.24. The number of guanidine groups is 1. The number of fused-ring (bicyclic) bond motifs is 1. The van der Waals surface area contributed by atoms with Crippen molar-refractivity contribution in [1.29, 1.82) is 0 Å². The van der Waals surface area contributed by atoms with Crippen molar-refractivity contribution in [3.63, 3.8) is 0 Å². The highest BCUT2D eigenvalue weighted by molar-refractivity contribution is 14.0. The zero-order chi connectivity index (χ0) is 19.3. The van der Waals surface area contributed by atoms with Gasteiger partial charge in [-0.2, -0.15) is 0 Å². The van der Waals surface area contributed by atoms with Crippen LogP contribution in [0.3, 0.4) is 0 Å². The number of nitrogens with two attached hydrogens (primary N) is 1. The molecule has 0 bridgehead atoms. The zero-order valence-corrected chi connectivity index (χ0v) is 18.3. The van der Waals surface area contributed by atoms with Gasteiger partial charge in [0.1, 0.15) is 17.1 Å². The highest BCUT2D eigenvalue weighted by atomic mass is 127. The van der Waals surface area contributed by atoms with Crippen molar-refractivity contribution in [2.24, 2.45) is 10.7 Å². The molecular weight excluding hydrogens is 477 g/mol. The number of nitrogens with zero attached hydrogens (tertiary/aromatic N) is 3. The molecule has 29 heavy (non-hydrogen) atoms. The predicted molar refractivity (Wildman–Crippen MR) is 127 cm³/mol. The molecule has 4 rings (SSSR count). The fourth-order valence-electron chi connectivity index (χ4n) is 2.89. The van der Waals surface area contributed by atoms with E-state index in [4.69, 9.17) is 10.5 Å². The topological polar surface area (TPSA) is 76.9 Å². The van der Waals surface area contributed by atoms with E-state index in [1.54, 1.807) is 0 Å². The van der Waals surface area contributed by atoms with Crippen molar-refractivity contribution >= 4 is 41.3 Å². The van der Waals surface area contributed by atoms with E-state index < -0.39 is 0 Å². The van der Waals surface area contributed by atoms with Crippen molar-refractivity contribution in [1.82, 2.24) is 9.38 Å². The van der Waals surface area contributed by atoms with E-state index >= 15 is 0 Å². The van der Waals surface area contributed by atoms with Crippen LogP contribution in [-0.4, -0.2) is 15.3 Å². The van der Waals surface area contributed by atoms with Crippen LogP contribution in [0.15, 0.2) is 84.0 Å². The zero-order valence-electron chi connectivity index (χ0n) is 15.9. The first kappa shape index (κ1) is 20.7. The van der Waals surface area contributed by atoms with Crippen LogP contribution in [0.25, 0.3) is 5.65 Å². The summed E-state index contributed by atoms with van der Waals surface area (Å²) in [7, 11) is 0. The molecule has 0 aliphatic carbocycles. The smallest absolute Gasteiger partial charge is 0.193 e. The van der Waals surface area contributed by atoms with Crippen molar-refractivity contribution in [3.8, 4) is 11.5 Å². The third kappa shape index (κ3) is 5.26. The Bertz CT molecular complexity index is 1120. The number of anilines is 1. The van der Waals surface area contributed by atoms with E-state index in [0.717, 1.165) is 34.2 Å². The third-order valence-electron chi connectivity index (χ3n) is 4.24. The first-order chi connectivity index (χ1) is 13.7. The maximum atomic E-state index is 6.04. The second kappa shape index (κ2) is 9.42. The number of para-hydroxylation sites is 1. The summed E-state index contributed by atoms with van der Waals surface area (Å²) in [6, 6.07) is 23.2. The average Bonchev–Trinajstić information content (AvgIpc) is 3.12. The molecule has 148 valence electrons. The number of hydrogen-bond donors (Lipinski definition) is 2. The molecule has 2 aromatic heterocycles. The molecule has 3 N–H and O–H groups in total. The van der Waals surface area contributed by atoms with Crippen LogP contribution in [-0.2, 0) is 6.54 Å². The minimum absolute atomic E-state index is 0. The lowest BCUT2D eigenvalue weighted by Gasteiger charge is -2.09. The van der Waals surface area contributed by atoms with Crippen molar-refractivity contribution in [3.05, 3.63) is 90.4 Å². The number of ether oxygens (including phenoxy) is 1. The number of rotatable bonds is 5. The number of benzene rings is 2. The summed E-state index contributed by atoms with van der Waals surface area (Å²) < 4.78 is 7.88. The van der Waals surface area contributed by atoms with Gasteiger partial charge in [-0.25, -0.2) is 9.98 Å². The van der Waals surface area contributed by atoms with Gasteiger partial charge in [0.15, 0.2) is 5.96 Å². The molecule has 0 saturated heterocycles. The van der Waals surface area contributed by atoms with Gasteiger partial charge in [-0.05, 0) is 43.3 Å². The summed E-state index contributed by atoms with van der Waals surface area (Å²) in [4.78, 5) is 8.96. The summed E-state index contributed by atoms with van der Waals surface area (Å²) in [5.74, 6) is 1.83. The van der Waals surface area contributed by atoms with E-state index in [1.807, 2.05) is 90.3 Å². The van der Waals surface area contributed by atoms with Crippen molar-refractivity contribution in [2.75, 3.05) is 5.32 Å². The van der Waals surface area contributed by atoms with Crippen LogP contribution >= 0.6 is 24.0 Å². The standard InChI is InChI=1S/C22H21N5O.HI/c1-16-7-5-12-21-25-18(15-27(16)21)14-24-22(23)26-17-8-6-11-20(13-17)28-19-9-3-2-4-10-19;/h2-13,15H,14H2,1H3,(H3,23,24,26);1H. The second-order valence-corrected chi connectivity index (χ2v) is 6.40. The Morgan fingerprint density at radius 2 is 1.79 bits per heavy atom. The van der Waals surface area contributed by atoms with Gasteiger partial charge in [0.05, 0.1) is 12.2 Å². The Morgan fingerprint density at radius 1 is 1.03 bits per heavy atom. The van der Waals surface area contributed by atoms with Crippen LogP contribution in [0.2, 0.25) is 0 Å². The molecule has 7 heteroatoms. The number of aromatic nitrogens is 2. The molecule has 0 atom stereocenters. The number of nitrogens with one attached hydrogen (secondary N) is 1. The summed E-state index contributed by atoms with van der Waals surface area (Å²) in [5.41, 5.74) is 9.74. The van der Waals surface area contributed by atoms with Gasteiger partial charge in [0.25, 0.3) is 0 Å². The number of aryl methyl sites for hydroxylation is 1. The molecule has 0 saturated carbocycles. The normalized spacial score (nSPS) is 11.1. The summed E-state index contributed by atoms with van der Waals surface area (Å²) in [6.07, 6.45) is 1.98. The Balaban J connectivity index is 0.00000240. The fourth-order valence-corrected chi connectivity index (χ4v) is 2.89. The number of aliphatic imine (C=N–C) groups is 1. The van der Waals surface area contributed by atoms with Gasteiger partial charge in [0.2, 0.25) is 0 Å². The van der Waals surface area contributed by atoms with E-state index in [2.05, 4.69) is 15.3 Å². The van der Waals surface area contributed by atoms with Gasteiger partial charge in [0, 0.05) is 23.6 Å². The van der Waals surface area contributed by atoms with Crippen molar-refractivity contribution < 1.29 is 4.74 Å². The van der Waals surface area contributed by atoms with Crippen LogP contribution < -0.4 is 15.8 Å². The lowest BCUT2D eigenvalue weighted by Crippen LogP contribution is -2.22. The number of pyridine rings is 1. The molecule has 0 spiro atoms. The van der Waals surface area contributed by atoms with Crippen LogP contribution in [0.1, 0.15) is 11.4 Å². The highest BCUT2D eigenvalue weighted by Gasteiger charge is 2.04. The molecule has 4 aromatic rings. The molecule has 0 unspecified atom stereocenters. The van der Waals surface area contributed by atoms with E-state index in [9.17, 15) is 0 Å². The van der Waals surface area contributed by atoms with Crippen molar-refractivity contribution in [2.45, 2.75) is 13.5 Å². The van der Waals surface area contributed by atoms with Crippen LogP contribution in [0.5, 0.6) is 11.5 Å². The van der Waals surface area contributed by atoms with Gasteiger partial charge in [-0.3, -0.25) is 0 Å². The molecule has 6 nitrogen and oxygen atoms in total. The number of halogens is 1. The van der Waals surface area contributed by atoms with Gasteiger partial charge in [-0.15, -0.1) is 24.0 Å². The van der Waals surface area contributed by atoms with E-state index in [0.29, 0.717) is 12.5 Å². The lowest BCUT2D eigenvalue weighted by atomic mass is 10.3. The molecule has 0 aliphatic heterocycles. The molecule has 2 aromatic carbocycles. The monoisotopic (exact) mass is 499 g/mol.